The average Bonchev–Trinajstić information content (AvgIpc) is 3.18. The normalized spacial score (nSPS) is 10.7. The highest BCUT2D eigenvalue weighted by Crippen LogP contribution is 2.29. The minimum absolute atomic E-state index is 0.0432. The summed E-state index contributed by atoms with van der Waals surface area (Å²) < 4.78 is 13.6. The van der Waals surface area contributed by atoms with Crippen molar-refractivity contribution in [2.45, 2.75) is 45.6 Å². The molecule has 0 aliphatic carbocycles. The molecule has 1 amide bonds. The molecule has 0 atom stereocenters. The van der Waals surface area contributed by atoms with E-state index >= 15 is 0 Å². The van der Waals surface area contributed by atoms with Crippen LogP contribution in [0.5, 0.6) is 11.5 Å². The molecule has 0 aliphatic heterocycles. The van der Waals surface area contributed by atoms with Crippen LogP contribution in [0, 0.1) is 6.92 Å². The Kier molecular flexibility index (Phi) is 8.35. The smallest absolute Gasteiger partial charge is 0.230 e. The number of aromatic nitrogens is 3. The zero-order chi connectivity index (χ0) is 22.1. The molecule has 3 rings (SSSR count). The van der Waals surface area contributed by atoms with Crippen molar-refractivity contribution < 1.29 is 14.3 Å². The molecule has 31 heavy (non-hydrogen) atoms. The van der Waals surface area contributed by atoms with Gasteiger partial charge in [-0.3, -0.25) is 4.79 Å². The van der Waals surface area contributed by atoms with Gasteiger partial charge in [0, 0.05) is 13.1 Å². The number of rotatable bonds is 11. The Bertz CT molecular complexity index is 992. The third-order valence-corrected chi connectivity index (χ3v) is 5.50. The van der Waals surface area contributed by atoms with Crippen molar-refractivity contribution in [3.63, 3.8) is 0 Å². The van der Waals surface area contributed by atoms with Crippen LogP contribution in [0.15, 0.2) is 53.7 Å². The molecule has 0 unspecified atom stereocenters. The van der Waals surface area contributed by atoms with Gasteiger partial charge in [0.15, 0.2) is 22.5 Å². The number of hydrogen-bond donors (Lipinski definition) is 1. The highest BCUT2D eigenvalue weighted by molar-refractivity contribution is 7.99. The standard InChI is InChI=1S/C23H28N4O3S/c1-4-27-21(15-30-19-12-11-17(3)13-20(19)29-5-2)25-26-23(27)31-16-22(28)24-14-18-9-7-6-8-10-18/h6-13H,4-5,14-16H2,1-3H3,(H,24,28). The minimum Gasteiger partial charge on any atom is -0.490 e. The van der Waals surface area contributed by atoms with Crippen LogP contribution in [0.3, 0.4) is 0 Å². The molecule has 3 aromatic rings. The summed E-state index contributed by atoms with van der Waals surface area (Å²) in [6, 6.07) is 15.7. The number of hydrogen-bond acceptors (Lipinski definition) is 6. The average molecular weight is 441 g/mol. The molecule has 0 saturated carbocycles. The van der Waals surface area contributed by atoms with Gasteiger partial charge in [-0.25, -0.2) is 0 Å². The van der Waals surface area contributed by atoms with Gasteiger partial charge in [0.1, 0.15) is 6.61 Å². The predicted octanol–water partition coefficient (Wildman–Crippen LogP) is 3.99. The van der Waals surface area contributed by atoms with Gasteiger partial charge in [-0.2, -0.15) is 0 Å². The van der Waals surface area contributed by atoms with E-state index < -0.39 is 0 Å². The van der Waals surface area contributed by atoms with E-state index in [-0.39, 0.29) is 18.3 Å². The van der Waals surface area contributed by atoms with Crippen molar-refractivity contribution in [3.8, 4) is 11.5 Å². The lowest BCUT2D eigenvalue weighted by Gasteiger charge is -2.13. The van der Waals surface area contributed by atoms with Gasteiger partial charge >= 0.3 is 0 Å². The number of amides is 1. The third kappa shape index (κ3) is 6.49. The first-order chi connectivity index (χ1) is 15.1. The van der Waals surface area contributed by atoms with Crippen molar-refractivity contribution in [3.05, 3.63) is 65.5 Å². The Morgan fingerprint density at radius 1 is 1.06 bits per heavy atom. The molecule has 1 heterocycles. The molecule has 0 radical (unpaired) electrons. The summed E-state index contributed by atoms with van der Waals surface area (Å²) in [5.74, 6) is 2.33. The van der Waals surface area contributed by atoms with Crippen molar-refractivity contribution in [1.82, 2.24) is 20.1 Å². The number of carbonyl (C=O) groups is 1. The van der Waals surface area contributed by atoms with Crippen LogP contribution in [0.1, 0.15) is 30.8 Å². The number of carbonyl (C=O) groups excluding carboxylic acids is 1. The summed E-state index contributed by atoms with van der Waals surface area (Å²) in [5, 5.41) is 12.1. The lowest BCUT2D eigenvalue weighted by molar-refractivity contribution is -0.118. The molecule has 0 saturated heterocycles. The Morgan fingerprint density at radius 3 is 2.61 bits per heavy atom. The van der Waals surface area contributed by atoms with E-state index in [1.165, 1.54) is 11.8 Å². The molecule has 1 N–H and O–H groups in total. The van der Waals surface area contributed by atoms with Crippen LogP contribution in [-0.2, 0) is 24.5 Å². The van der Waals surface area contributed by atoms with E-state index in [0.29, 0.717) is 36.4 Å². The summed E-state index contributed by atoms with van der Waals surface area (Å²) >= 11 is 1.37. The van der Waals surface area contributed by atoms with E-state index in [1.54, 1.807) is 0 Å². The van der Waals surface area contributed by atoms with Crippen molar-refractivity contribution >= 4 is 17.7 Å². The number of ether oxygens (including phenoxy) is 2. The van der Waals surface area contributed by atoms with Gasteiger partial charge in [0.2, 0.25) is 5.91 Å². The fourth-order valence-electron chi connectivity index (χ4n) is 2.97. The lowest BCUT2D eigenvalue weighted by Crippen LogP contribution is -2.24. The van der Waals surface area contributed by atoms with Crippen LogP contribution < -0.4 is 14.8 Å². The molecule has 164 valence electrons. The zero-order valence-electron chi connectivity index (χ0n) is 18.1. The van der Waals surface area contributed by atoms with Gasteiger partial charge in [0.05, 0.1) is 12.4 Å². The SMILES string of the molecule is CCOc1cc(C)ccc1OCc1nnc(SCC(=O)NCc2ccccc2)n1CC. The summed E-state index contributed by atoms with van der Waals surface area (Å²) in [5.41, 5.74) is 2.18. The first-order valence-corrected chi connectivity index (χ1v) is 11.3. The molecule has 1 aromatic heterocycles. The second-order valence-electron chi connectivity index (χ2n) is 6.87. The van der Waals surface area contributed by atoms with Crippen molar-refractivity contribution in [1.29, 1.82) is 0 Å². The van der Waals surface area contributed by atoms with Crippen LogP contribution in [-0.4, -0.2) is 33.0 Å². The third-order valence-electron chi connectivity index (χ3n) is 4.53. The molecule has 2 aromatic carbocycles. The summed E-state index contributed by atoms with van der Waals surface area (Å²) in [6.45, 7) is 8.01. The molecule has 8 heteroatoms. The van der Waals surface area contributed by atoms with Crippen LogP contribution in [0.2, 0.25) is 0 Å². The highest BCUT2D eigenvalue weighted by atomic mass is 32.2. The minimum atomic E-state index is -0.0432. The van der Waals surface area contributed by atoms with Gasteiger partial charge < -0.3 is 19.4 Å². The van der Waals surface area contributed by atoms with E-state index in [1.807, 2.05) is 73.9 Å². The first kappa shape index (κ1) is 22.7. The quantitative estimate of drug-likeness (QED) is 0.454. The maximum atomic E-state index is 12.2. The fraction of sp³-hybridized carbons (Fsp3) is 0.348. The van der Waals surface area contributed by atoms with Gasteiger partial charge in [-0.05, 0) is 44.0 Å². The Hall–Kier alpha value is -3.00. The Morgan fingerprint density at radius 2 is 1.87 bits per heavy atom. The number of nitrogens with one attached hydrogen (secondary N) is 1. The lowest BCUT2D eigenvalue weighted by atomic mass is 10.2. The molecule has 0 aliphatic rings. The number of benzene rings is 2. The second kappa shape index (κ2) is 11.4. The molecule has 0 fully saturated rings. The fourth-order valence-corrected chi connectivity index (χ4v) is 3.82. The zero-order valence-corrected chi connectivity index (χ0v) is 18.9. The summed E-state index contributed by atoms with van der Waals surface area (Å²) in [4.78, 5) is 12.2. The molecule has 0 bridgehead atoms. The van der Waals surface area contributed by atoms with E-state index in [0.717, 1.165) is 16.9 Å². The Balaban J connectivity index is 1.56. The van der Waals surface area contributed by atoms with Crippen molar-refractivity contribution in [2.24, 2.45) is 0 Å². The van der Waals surface area contributed by atoms with Gasteiger partial charge in [-0.15, -0.1) is 10.2 Å². The highest BCUT2D eigenvalue weighted by Gasteiger charge is 2.15. The van der Waals surface area contributed by atoms with E-state index in [4.69, 9.17) is 9.47 Å². The first-order valence-electron chi connectivity index (χ1n) is 10.3. The van der Waals surface area contributed by atoms with Crippen LogP contribution >= 0.6 is 11.8 Å². The maximum absolute atomic E-state index is 12.2. The summed E-state index contributed by atoms with van der Waals surface area (Å²) in [7, 11) is 0. The molecular formula is C23H28N4O3S. The largest absolute Gasteiger partial charge is 0.490 e. The second-order valence-corrected chi connectivity index (χ2v) is 7.81. The molecule has 7 nitrogen and oxygen atoms in total. The van der Waals surface area contributed by atoms with Crippen molar-refractivity contribution in [2.75, 3.05) is 12.4 Å². The monoisotopic (exact) mass is 440 g/mol. The Labute approximate surface area is 187 Å². The van der Waals surface area contributed by atoms with E-state index in [9.17, 15) is 4.79 Å². The maximum Gasteiger partial charge on any atom is 0.230 e. The number of aryl methyl sites for hydroxylation is 1. The topological polar surface area (TPSA) is 78.3 Å². The summed E-state index contributed by atoms with van der Waals surface area (Å²) in [6.07, 6.45) is 0. The van der Waals surface area contributed by atoms with Crippen LogP contribution in [0.25, 0.3) is 0 Å². The number of nitrogens with zero attached hydrogens (tertiary/aromatic N) is 3. The van der Waals surface area contributed by atoms with Gasteiger partial charge in [0.25, 0.3) is 0 Å². The molecular weight excluding hydrogens is 412 g/mol. The van der Waals surface area contributed by atoms with Crippen LogP contribution in [0.4, 0.5) is 0 Å². The van der Waals surface area contributed by atoms with Gasteiger partial charge in [-0.1, -0.05) is 48.2 Å². The number of thioether (sulfide) groups is 1. The molecule has 0 spiro atoms. The predicted molar refractivity (Wildman–Crippen MR) is 121 cm³/mol. The van der Waals surface area contributed by atoms with E-state index in [2.05, 4.69) is 15.5 Å².